The Morgan fingerprint density at radius 3 is 2.32 bits per heavy atom. The Hall–Kier alpha value is -4.38. The minimum absolute atomic E-state index is 0.851. The van der Waals surface area contributed by atoms with E-state index in [4.69, 9.17) is 8.83 Å². The Bertz CT molecular complexity index is 2010. The second-order valence-corrected chi connectivity index (χ2v) is 7.89. The van der Waals surface area contributed by atoms with Gasteiger partial charge in [-0.1, -0.05) is 18.2 Å². The van der Waals surface area contributed by atoms with Crippen LogP contribution in [0.3, 0.4) is 0 Å². The molecule has 0 aliphatic carbocycles. The molecule has 5 nitrogen and oxygen atoms in total. The van der Waals surface area contributed by atoms with Crippen LogP contribution in [0.15, 0.2) is 88.2 Å². The van der Waals surface area contributed by atoms with Gasteiger partial charge >= 0.3 is 0 Å². The van der Waals surface area contributed by atoms with Crippen LogP contribution in [-0.2, 0) is 0 Å². The minimum Gasteiger partial charge on any atom is -0.456 e. The Morgan fingerprint density at radius 2 is 1.39 bits per heavy atom. The summed E-state index contributed by atoms with van der Waals surface area (Å²) < 4.78 is 14.7. The molecule has 0 N–H and O–H groups in total. The van der Waals surface area contributed by atoms with Gasteiger partial charge < -0.3 is 8.83 Å². The van der Waals surface area contributed by atoms with Crippen molar-refractivity contribution in [2.45, 2.75) is 0 Å². The SMILES string of the molecule is c1ccc2c(c1)oc1ccc3oc4ccc5c(c6cnccc6c6nccn56)c4c3c12. The molecule has 5 heterocycles. The molecule has 0 fully saturated rings. The molecule has 0 unspecified atom stereocenters. The molecular weight excluding hydrogens is 386 g/mol. The predicted molar refractivity (Wildman–Crippen MR) is 123 cm³/mol. The molecule has 8 rings (SSSR count). The van der Waals surface area contributed by atoms with Gasteiger partial charge in [-0.2, -0.15) is 0 Å². The van der Waals surface area contributed by atoms with Crippen molar-refractivity contribution >= 4 is 71.2 Å². The van der Waals surface area contributed by atoms with Gasteiger partial charge in [0.05, 0.1) is 5.52 Å². The van der Waals surface area contributed by atoms with E-state index in [1.165, 1.54) is 0 Å². The smallest absolute Gasteiger partial charge is 0.145 e. The number of fused-ring (bicyclic) bond motifs is 14. The Balaban J connectivity index is 1.78. The number of benzene rings is 3. The molecule has 0 aliphatic rings. The van der Waals surface area contributed by atoms with E-state index in [2.05, 4.69) is 26.5 Å². The van der Waals surface area contributed by atoms with E-state index in [0.29, 0.717) is 0 Å². The van der Waals surface area contributed by atoms with Crippen molar-refractivity contribution in [3.05, 3.63) is 79.4 Å². The lowest BCUT2D eigenvalue weighted by molar-refractivity contribution is 0.663. The maximum Gasteiger partial charge on any atom is 0.145 e. The summed E-state index contributed by atoms with van der Waals surface area (Å²) in [6, 6.07) is 18.3. The Kier molecular flexibility index (Phi) is 2.60. The van der Waals surface area contributed by atoms with E-state index < -0.39 is 0 Å². The first kappa shape index (κ1) is 15.5. The van der Waals surface area contributed by atoms with Gasteiger partial charge in [-0.15, -0.1) is 0 Å². The quantitative estimate of drug-likeness (QED) is 0.262. The Labute approximate surface area is 174 Å². The van der Waals surface area contributed by atoms with Crippen LogP contribution in [0.4, 0.5) is 0 Å². The number of rotatable bonds is 0. The van der Waals surface area contributed by atoms with Crippen molar-refractivity contribution in [2.24, 2.45) is 0 Å². The first-order chi connectivity index (χ1) is 15.4. The van der Waals surface area contributed by atoms with E-state index >= 15 is 0 Å². The lowest BCUT2D eigenvalue weighted by atomic mass is 9.99. The highest BCUT2D eigenvalue weighted by Crippen LogP contribution is 2.44. The third-order valence-corrected chi connectivity index (χ3v) is 6.35. The molecule has 8 aromatic rings. The van der Waals surface area contributed by atoms with Crippen molar-refractivity contribution in [3.8, 4) is 0 Å². The lowest BCUT2D eigenvalue weighted by Gasteiger charge is -2.09. The van der Waals surface area contributed by atoms with Crippen LogP contribution in [0.1, 0.15) is 0 Å². The summed E-state index contributed by atoms with van der Waals surface area (Å²) in [4.78, 5) is 9.05. The number of furan rings is 2. The van der Waals surface area contributed by atoms with Crippen LogP contribution in [0.25, 0.3) is 71.2 Å². The van der Waals surface area contributed by atoms with Crippen LogP contribution in [0.2, 0.25) is 0 Å². The van der Waals surface area contributed by atoms with E-state index in [1.54, 1.807) is 0 Å². The van der Waals surface area contributed by atoms with Gasteiger partial charge in [0.1, 0.15) is 28.0 Å². The van der Waals surface area contributed by atoms with Crippen LogP contribution < -0.4 is 0 Å². The first-order valence-electron chi connectivity index (χ1n) is 10.2. The molecule has 0 radical (unpaired) electrons. The first-order valence-corrected chi connectivity index (χ1v) is 10.2. The molecular formula is C26H13N3O2. The molecule has 0 aliphatic heterocycles. The van der Waals surface area contributed by atoms with E-state index in [9.17, 15) is 0 Å². The average molecular weight is 399 g/mol. The summed E-state index contributed by atoms with van der Waals surface area (Å²) in [5.41, 5.74) is 5.45. The van der Waals surface area contributed by atoms with Crippen molar-refractivity contribution < 1.29 is 8.83 Å². The summed E-state index contributed by atoms with van der Waals surface area (Å²) in [5, 5.41) is 7.58. The number of aromatic nitrogens is 3. The van der Waals surface area contributed by atoms with Crippen molar-refractivity contribution in [1.29, 1.82) is 0 Å². The number of hydrogen-bond donors (Lipinski definition) is 0. The van der Waals surface area contributed by atoms with Gasteiger partial charge in [0, 0.05) is 62.5 Å². The maximum absolute atomic E-state index is 6.34. The molecule has 0 spiro atoms. The van der Waals surface area contributed by atoms with E-state index in [0.717, 1.165) is 71.2 Å². The van der Waals surface area contributed by atoms with Gasteiger partial charge in [-0.3, -0.25) is 9.38 Å². The fourth-order valence-electron chi connectivity index (χ4n) is 5.11. The molecule has 31 heavy (non-hydrogen) atoms. The molecule has 0 amide bonds. The third-order valence-electron chi connectivity index (χ3n) is 6.35. The molecule has 0 bridgehead atoms. The molecule has 5 aromatic heterocycles. The number of para-hydroxylation sites is 1. The second kappa shape index (κ2) is 5.21. The van der Waals surface area contributed by atoms with E-state index in [1.807, 2.05) is 67.3 Å². The molecule has 144 valence electrons. The highest BCUT2D eigenvalue weighted by Gasteiger charge is 2.20. The molecule has 5 heteroatoms. The average Bonchev–Trinajstić information content (AvgIpc) is 3.53. The van der Waals surface area contributed by atoms with E-state index in [-0.39, 0.29) is 0 Å². The zero-order valence-corrected chi connectivity index (χ0v) is 16.2. The van der Waals surface area contributed by atoms with Crippen LogP contribution in [0, 0.1) is 0 Å². The maximum atomic E-state index is 6.34. The van der Waals surface area contributed by atoms with Crippen LogP contribution >= 0.6 is 0 Å². The normalized spacial score (nSPS) is 12.5. The molecule has 0 atom stereocenters. The summed E-state index contributed by atoms with van der Waals surface area (Å²) in [6.07, 6.45) is 7.60. The van der Waals surface area contributed by atoms with Gasteiger partial charge in [0.15, 0.2) is 0 Å². The fourth-order valence-corrected chi connectivity index (χ4v) is 5.11. The van der Waals surface area contributed by atoms with Gasteiger partial charge in [-0.25, -0.2) is 4.98 Å². The minimum atomic E-state index is 0.851. The fraction of sp³-hybridized carbons (Fsp3) is 0. The monoisotopic (exact) mass is 399 g/mol. The summed E-state index contributed by atoms with van der Waals surface area (Å²) in [7, 11) is 0. The van der Waals surface area contributed by atoms with Gasteiger partial charge in [0.2, 0.25) is 0 Å². The summed E-state index contributed by atoms with van der Waals surface area (Å²) >= 11 is 0. The lowest BCUT2D eigenvalue weighted by Crippen LogP contribution is -1.91. The zero-order chi connectivity index (χ0) is 20.1. The standard InChI is InChI=1S/C26H13N3O2/c1-2-4-18-15(3-1)23-19(30-18)7-8-21-25(23)24-20(31-21)6-5-17-22(24)16-13-27-10-9-14(16)26-28-11-12-29(17)26/h1-13H. The van der Waals surface area contributed by atoms with Crippen LogP contribution in [0.5, 0.6) is 0 Å². The predicted octanol–water partition coefficient (Wildman–Crippen LogP) is 6.83. The van der Waals surface area contributed by atoms with Gasteiger partial charge in [-0.05, 0) is 36.4 Å². The molecule has 3 aromatic carbocycles. The second-order valence-electron chi connectivity index (χ2n) is 7.89. The number of hydrogen-bond acceptors (Lipinski definition) is 4. The Morgan fingerprint density at radius 1 is 0.613 bits per heavy atom. The molecule has 0 saturated carbocycles. The van der Waals surface area contributed by atoms with Crippen molar-refractivity contribution in [2.75, 3.05) is 0 Å². The van der Waals surface area contributed by atoms with Crippen molar-refractivity contribution in [1.82, 2.24) is 14.4 Å². The number of imidazole rings is 1. The highest BCUT2D eigenvalue weighted by atomic mass is 16.3. The summed E-state index contributed by atoms with van der Waals surface area (Å²) in [6.45, 7) is 0. The van der Waals surface area contributed by atoms with Gasteiger partial charge in [0.25, 0.3) is 0 Å². The summed E-state index contributed by atoms with van der Waals surface area (Å²) in [5.74, 6) is 0. The number of nitrogens with zero attached hydrogens (tertiary/aromatic N) is 3. The third kappa shape index (κ3) is 1.78. The molecule has 0 saturated heterocycles. The highest BCUT2D eigenvalue weighted by molar-refractivity contribution is 6.34. The number of pyridine rings is 2. The van der Waals surface area contributed by atoms with Crippen LogP contribution in [-0.4, -0.2) is 14.4 Å². The zero-order valence-electron chi connectivity index (χ0n) is 16.2. The van der Waals surface area contributed by atoms with Crippen molar-refractivity contribution in [3.63, 3.8) is 0 Å². The topological polar surface area (TPSA) is 56.5 Å². The largest absolute Gasteiger partial charge is 0.456 e.